The van der Waals surface area contributed by atoms with E-state index >= 15 is 0 Å². The molecule has 5 nitrogen and oxygen atoms in total. The van der Waals surface area contributed by atoms with E-state index in [1.807, 2.05) is 16.8 Å². The molecule has 0 saturated carbocycles. The summed E-state index contributed by atoms with van der Waals surface area (Å²) in [5.74, 6) is 0. The molecule has 0 unspecified atom stereocenters. The average Bonchev–Trinajstić information content (AvgIpc) is 2.63. The van der Waals surface area contributed by atoms with E-state index in [2.05, 4.69) is 80.7 Å². The number of halogens is 1. The molecule has 2 aliphatic heterocycles. The van der Waals surface area contributed by atoms with Gasteiger partial charge in [-0.2, -0.15) is 10.5 Å². The summed E-state index contributed by atoms with van der Waals surface area (Å²) < 4.78 is 1.08. The maximum Gasteiger partial charge on any atom is 0.0984 e. The van der Waals surface area contributed by atoms with Gasteiger partial charge >= 0.3 is 0 Å². The predicted octanol–water partition coefficient (Wildman–Crippen LogP) is 3.69. The number of likely N-dealkylation sites (N-methyl/N-ethyl adjacent to an activating group) is 1. The molecule has 25 heavy (non-hydrogen) atoms. The molecular weight excluding hydrogens is 400 g/mol. The lowest BCUT2D eigenvalue weighted by Gasteiger charge is -2.34. The highest BCUT2D eigenvalue weighted by molar-refractivity contribution is 9.10. The van der Waals surface area contributed by atoms with Crippen LogP contribution in [0.15, 0.2) is 56.7 Å². The summed E-state index contributed by atoms with van der Waals surface area (Å²) in [6, 6.07) is 14.9. The Morgan fingerprint density at radius 1 is 1.04 bits per heavy atom. The molecule has 2 aromatic carbocycles. The van der Waals surface area contributed by atoms with E-state index in [9.17, 15) is 0 Å². The molecule has 2 aliphatic rings. The third kappa shape index (κ3) is 3.86. The minimum absolute atomic E-state index is 0.591. The van der Waals surface area contributed by atoms with Crippen LogP contribution < -0.4 is 10.4 Å². The molecule has 1 N–H and O–H groups in total. The maximum absolute atomic E-state index is 5.79. The van der Waals surface area contributed by atoms with Crippen LogP contribution >= 0.6 is 27.7 Å². The Morgan fingerprint density at radius 2 is 1.80 bits per heavy atom. The van der Waals surface area contributed by atoms with Crippen LogP contribution in [-0.4, -0.2) is 49.9 Å². The first-order chi connectivity index (χ1) is 12.2. The third-order valence-electron chi connectivity index (χ3n) is 4.47. The van der Waals surface area contributed by atoms with Gasteiger partial charge in [-0.05, 0) is 37.4 Å². The molecule has 0 spiro atoms. The first kappa shape index (κ1) is 17.3. The number of hydrogen-bond acceptors (Lipinski definition) is 6. The monoisotopic (exact) mass is 420 g/mol. The van der Waals surface area contributed by atoms with Gasteiger partial charge < -0.3 is 9.80 Å². The Kier molecular flexibility index (Phi) is 5.30. The van der Waals surface area contributed by atoms with Crippen LogP contribution in [0.25, 0.3) is 0 Å². The standard InChI is InChI=1S/C18H21BrN4OS/c1-21-8-10-22(11-9-21)24-20-13-23-15-4-2-3-5-17(15)25-18-7-6-14(19)12-16(18)23/h2-7,12,20H,8-11,13H2,1H3. The molecule has 0 aromatic heterocycles. The largest absolute Gasteiger partial charge is 0.324 e. The highest BCUT2D eigenvalue weighted by Gasteiger charge is 2.23. The first-order valence-electron chi connectivity index (χ1n) is 8.38. The number of nitrogens with zero attached hydrogens (tertiary/aromatic N) is 3. The molecule has 0 aliphatic carbocycles. The van der Waals surface area contributed by atoms with Crippen molar-refractivity contribution in [3.8, 4) is 0 Å². The number of hydroxylamine groups is 3. The van der Waals surface area contributed by atoms with Crippen molar-refractivity contribution in [2.24, 2.45) is 0 Å². The molecule has 4 rings (SSSR count). The van der Waals surface area contributed by atoms with Crippen molar-refractivity contribution in [1.82, 2.24) is 15.4 Å². The first-order valence-corrected chi connectivity index (χ1v) is 9.99. The summed E-state index contributed by atoms with van der Waals surface area (Å²) in [6.45, 7) is 4.48. The van der Waals surface area contributed by atoms with Crippen LogP contribution in [0.2, 0.25) is 0 Å². The lowest BCUT2D eigenvalue weighted by Crippen LogP contribution is -2.47. The number of rotatable bonds is 4. The van der Waals surface area contributed by atoms with Crippen molar-refractivity contribution in [3.63, 3.8) is 0 Å². The van der Waals surface area contributed by atoms with Gasteiger partial charge in [0.2, 0.25) is 0 Å². The zero-order valence-corrected chi connectivity index (χ0v) is 16.5. The number of fused-ring (bicyclic) bond motifs is 2. The van der Waals surface area contributed by atoms with E-state index in [0.29, 0.717) is 6.67 Å². The number of para-hydroxylation sites is 1. The molecule has 2 heterocycles. The van der Waals surface area contributed by atoms with Gasteiger partial charge in [0.1, 0.15) is 0 Å². The number of benzene rings is 2. The lowest BCUT2D eigenvalue weighted by atomic mass is 10.2. The number of anilines is 2. The Hall–Kier alpha value is -1.09. The SMILES string of the molecule is CN1CCN(ONCN2c3ccccc3Sc3ccc(Br)cc32)CC1. The van der Waals surface area contributed by atoms with Crippen LogP contribution in [0.3, 0.4) is 0 Å². The summed E-state index contributed by atoms with van der Waals surface area (Å²) >= 11 is 5.40. The molecule has 0 radical (unpaired) electrons. The minimum Gasteiger partial charge on any atom is -0.324 e. The van der Waals surface area contributed by atoms with E-state index in [-0.39, 0.29) is 0 Å². The van der Waals surface area contributed by atoms with Gasteiger partial charge in [-0.25, -0.2) is 4.94 Å². The summed E-state index contributed by atoms with van der Waals surface area (Å²) in [5.41, 5.74) is 5.54. The van der Waals surface area contributed by atoms with Gasteiger partial charge in [0.05, 0.1) is 18.0 Å². The molecule has 2 aromatic rings. The number of nitrogens with one attached hydrogen (secondary N) is 1. The van der Waals surface area contributed by atoms with Gasteiger partial charge in [-0.3, -0.25) is 0 Å². The topological polar surface area (TPSA) is 31.0 Å². The molecule has 0 amide bonds. The summed E-state index contributed by atoms with van der Waals surface area (Å²) in [7, 11) is 2.14. The van der Waals surface area contributed by atoms with Crippen molar-refractivity contribution in [2.75, 3.05) is 44.8 Å². The van der Waals surface area contributed by atoms with Crippen molar-refractivity contribution in [2.45, 2.75) is 9.79 Å². The van der Waals surface area contributed by atoms with Gasteiger partial charge in [0.15, 0.2) is 0 Å². The molecular formula is C18H21BrN4OS. The third-order valence-corrected chi connectivity index (χ3v) is 6.09. The van der Waals surface area contributed by atoms with E-state index in [1.165, 1.54) is 21.2 Å². The minimum atomic E-state index is 0.591. The van der Waals surface area contributed by atoms with Gasteiger partial charge in [0.25, 0.3) is 0 Å². The highest BCUT2D eigenvalue weighted by atomic mass is 79.9. The predicted molar refractivity (Wildman–Crippen MR) is 105 cm³/mol. The zero-order chi connectivity index (χ0) is 17.2. The normalized spacial score (nSPS) is 18.1. The quantitative estimate of drug-likeness (QED) is 0.758. The molecule has 0 atom stereocenters. The highest BCUT2D eigenvalue weighted by Crippen LogP contribution is 2.48. The van der Waals surface area contributed by atoms with Gasteiger partial charge in [-0.15, -0.1) is 0 Å². The van der Waals surface area contributed by atoms with Crippen LogP contribution in [-0.2, 0) is 4.94 Å². The van der Waals surface area contributed by atoms with Gasteiger partial charge in [0, 0.05) is 40.4 Å². The number of hydrogen-bond donors (Lipinski definition) is 1. The Bertz CT molecular complexity index is 752. The Labute approximate surface area is 161 Å². The van der Waals surface area contributed by atoms with Gasteiger partial charge in [-0.1, -0.05) is 39.8 Å². The molecule has 7 heteroatoms. The van der Waals surface area contributed by atoms with Crippen molar-refractivity contribution in [1.29, 1.82) is 0 Å². The Morgan fingerprint density at radius 3 is 2.64 bits per heavy atom. The number of piperazine rings is 1. The second-order valence-corrected chi connectivity index (χ2v) is 8.24. The second-order valence-electron chi connectivity index (χ2n) is 6.24. The molecule has 1 fully saturated rings. The smallest absolute Gasteiger partial charge is 0.0984 e. The Balaban J connectivity index is 1.49. The second kappa shape index (κ2) is 7.65. The summed E-state index contributed by atoms with van der Waals surface area (Å²) in [6.07, 6.45) is 0. The molecule has 132 valence electrons. The summed E-state index contributed by atoms with van der Waals surface area (Å²) in [5, 5.41) is 1.99. The van der Waals surface area contributed by atoms with Crippen LogP contribution in [0.5, 0.6) is 0 Å². The van der Waals surface area contributed by atoms with Crippen LogP contribution in [0, 0.1) is 0 Å². The fourth-order valence-corrected chi connectivity index (χ4v) is 4.46. The van der Waals surface area contributed by atoms with E-state index in [4.69, 9.17) is 4.94 Å². The van der Waals surface area contributed by atoms with E-state index in [0.717, 1.165) is 30.7 Å². The van der Waals surface area contributed by atoms with E-state index < -0.39 is 0 Å². The zero-order valence-electron chi connectivity index (χ0n) is 14.1. The van der Waals surface area contributed by atoms with Crippen molar-refractivity contribution >= 4 is 39.1 Å². The maximum atomic E-state index is 5.79. The fourth-order valence-electron chi connectivity index (χ4n) is 3.04. The molecule has 1 saturated heterocycles. The average molecular weight is 421 g/mol. The summed E-state index contributed by atoms with van der Waals surface area (Å²) in [4.78, 5) is 12.9. The molecule has 0 bridgehead atoms. The van der Waals surface area contributed by atoms with Crippen molar-refractivity contribution in [3.05, 3.63) is 46.9 Å². The van der Waals surface area contributed by atoms with E-state index in [1.54, 1.807) is 0 Å². The lowest BCUT2D eigenvalue weighted by molar-refractivity contribution is -0.221. The van der Waals surface area contributed by atoms with Crippen LogP contribution in [0.1, 0.15) is 0 Å². The van der Waals surface area contributed by atoms with Crippen LogP contribution in [0.4, 0.5) is 11.4 Å². The fraction of sp³-hybridized carbons (Fsp3) is 0.333. The van der Waals surface area contributed by atoms with Crippen molar-refractivity contribution < 1.29 is 4.94 Å².